The first-order valence-electron chi connectivity index (χ1n) is 6.61. The number of halogens is 1. The highest BCUT2D eigenvalue weighted by Crippen LogP contribution is 2.24. The van der Waals surface area contributed by atoms with Crippen molar-refractivity contribution in [3.05, 3.63) is 52.7 Å². The van der Waals surface area contributed by atoms with Gasteiger partial charge in [0.1, 0.15) is 17.5 Å². The lowest BCUT2D eigenvalue weighted by Crippen LogP contribution is -2.13. The smallest absolute Gasteiger partial charge is 0.135 e. The van der Waals surface area contributed by atoms with Gasteiger partial charge in [-0.25, -0.2) is 14.4 Å². The topological polar surface area (TPSA) is 51.8 Å². The van der Waals surface area contributed by atoms with Gasteiger partial charge in [-0.05, 0) is 43.4 Å². The minimum absolute atomic E-state index is 0.227. The highest BCUT2D eigenvalue weighted by atomic mass is 19.1. The summed E-state index contributed by atoms with van der Waals surface area (Å²) in [4.78, 5) is 8.98. The van der Waals surface area contributed by atoms with Gasteiger partial charge >= 0.3 is 0 Å². The maximum Gasteiger partial charge on any atom is 0.135 e. The van der Waals surface area contributed by atoms with Gasteiger partial charge < -0.3 is 5.73 Å². The van der Waals surface area contributed by atoms with E-state index < -0.39 is 0 Å². The van der Waals surface area contributed by atoms with Crippen molar-refractivity contribution in [3.8, 4) is 0 Å². The summed E-state index contributed by atoms with van der Waals surface area (Å²) in [5.74, 6) is 1.11. The van der Waals surface area contributed by atoms with E-state index in [2.05, 4.69) is 9.97 Å². The Bertz CT molecular complexity index is 593. The van der Waals surface area contributed by atoms with E-state index in [1.807, 2.05) is 0 Å². The van der Waals surface area contributed by atoms with Crippen molar-refractivity contribution in [2.75, 3.05) is 5.73 Å². The highest BCUT2D eigenvalue weighted by molar-refractivity contribution is 5.44. The molecule has 0 unspecified atom stereocenters. The van der Waals surface area contributed by atoms with Gasteiger partial charge in [-0.3, -0.25) is 0 Å². The monoisotopic (exact) mass is 257 g/mol. The summed E-state index contributed by atoms with van der Waals surface area (Å²) in [6.07, 6.45) is 4.89. The SMILES string of the molecule is Nc1nc(Cc2ccc(F)cc2)nc2c1CCCC2. The number of aryl methyl sites for hydroxylation is 1. The standard InChI is InChI=1S/C15H16FN3/c16-11-7-5-10(6-8-11)9-14-18-13-4-2-1-3-12(13)15(17)19-14/h5-8H,1-4,9H2,(H2,17,18,19). The first-order chi connectivity index (χ1) is 9.22. The third-order valence-electron chi connectivity index (χ3n) is 3.54. The van der Waals surface area contributed by atoms with Crippen molar-refractivity contribution < 1.29 is 4.39 Å². The molecule has 1 aromatic heterocycles. The molecule has 1 aliphatic rings. The van der Waals surface area contributed by atoms with Crippen molar-refractivity contribution in [2.24, 2.45) is 0 Å². The fourth-order valence-corrected chi connectivity index (χ4v) is 2.54. The Balaban J connectivity index is 1.89. The van der Waals surface area contributed by atoms with Gasteiger partial charge in [-0.15, -0.1) is 0 Å². The van der Waals surface area contributed by atoms with E-state index in [9.17, 15) is 4.39 Å². The molecule has 0 amide bonds. The maximum absolute atomic E-state index is 12.9. The normalized spacial score (nSPS) is 14.2. The minimum atomic E-state index is -0.227. The number of benzene rings is 1. The summed E-state index contributed by atoms with van der Waals surface area (Å²) >= 11 is 0. The third-order valence-corrected chi connectivity index (χ3v) is 3.54. The molecule has 0 saturated heterocycles. The average molecular weight is 257 g/mol. The fraction of sp³-hybridized carbons (Fsp3) is 0.333. The number of rotatable bonds is 2. The largest absolute Gasteiger partial charge is 0.383 e. The van der Waals surface area contributed by atoms with Crippen molar-refractivity contribution >= 4 is 5.82 Å². The van der Waals surface area contributed by atoms with Crippen LogP contribution in [0.15, 0.2) is 24.3 Å². The molecule has 98 valence electrons. The summed E-state index contributed by atoms with van der Waals surface area (Å²) < 4.78 is 12.9. The Morgan fingerprint density at radius 3 is 2.58 bits per heavy atom. The van der Waals surface area contributed by atoms with E-state index in [4.69, 9.17) is 5.73 Å². The molecule has 1 aliphatic carbocycles. The summed E-state index contributed by atoms with van der Waals surface area (Å²) in [5, 5.41) is 0. The van der Waals surface area contributed by atoms with Crippen LogP contribution in [-0.4, -0.2) is 9.97 Å². The van der Waals surface area contributed by atoms with Gasteiger partial charge in [0.15, 0.2) is 0 Å². The van der Waals surface area contributed by atoms with Crippen LogP contribution in [0.1, 0.15) is 35.5 Å². The van der Waals surface area contributed by atoms with Crippen LogP contribution >= 0.6 is 0 Å². The van der Waals surface area contributed by atoms with Crippen LogP contribution in [0, 0.1) is 5.82 Å². The van der Waals surface area contributed by atoms with E-state index in [1.54, 1.807) is 12.1 Å². The van der Waals surface area contributed by atoms with E-state index in [0.29, 0.717) is 12.2 Å². The van der Waals surface area contributed by atoms with Crippen molar-refractivity contribution in [3.63, 3.8) is 0 Å². The van der Waals surface area contributed by atoms with Gasteiger partial charge in [0.2, 0.25) is 0 Å². The lowest BCUT2D eigenvalue weighted by atomic mass is 9.96. The second-order valence-corrected chi connectivity index (χ2v) is 4.96. The lowest BCUT2D eigenvalue weighted by Gasteiger charge is -2.17. The van der Waals surface area contributed by atoms with Crippen LogP contribution in [0.3, 0.4) is 0 Å². The Morgan fingerprint density at radius 1 is 1.05 bits per heavy atom. The predicted octanol–water partition coefficient (Wildman–Crippen LogP) is 2.67. The van der Waals surface area contributed by atoms with Gasteiger partial charge in [0.25, 0.3) is 0 Å². The molecular weight excluding hydrogens is 241 g/mol. The van der Waals surface area contributed by atoms with Crippen molar-refractivity contribution in [1.29, 1.82) is 0 Å². The molecule has 1 aromatic carbocycles. The number of hydrogen-bond donors (Lipinski definition) is 1. The first-order valence-corrected chi connectivity index (χ1v) is 6.61. The number of anilines is 1. The van der Waals surface area contributed by atoms with E-state index in [0.717, 1.165) is 41.9 Å². The number of nitrogens with two attached hydrogens (primary N) is 1. The number of nitrogen functional groups attached to an aromatic ring is 1. The fourth-order valence-electron chi connectivity index (χ4n) is 2.54. The summed E-state index contributed by atoms with van der Waals surface area (Å²) in [6.45, 7) is 0. The summed E-state index contributed by atoms with van der Waals surface area (Å²) in [6, 6.07) is 6.43. The predicted molar refractivity (Wildman–Crippen MR) is 72.3 cm³/mol. The van der Waals surface area contributed by atoms with Crippen LogP contribution in [0.25, 0.3) is 0 Å². The molecule has 1 heterocycles. The van der Waals surface area contributed by atoms with Gasteiger partial charge in [0.05, 0.1) is 0 Å². The van der Waals surface area contributed by atoms with Crippen molar-refractivity contribution in [2.45, 2.75) is 32.1 Å². The molecule has 3 nitrogen and oxygen atoms in total. The van der Waals surface area contributed by atoms with Crippen LogP contribution in [-0.2, 0) is 19.3 Å². The van der Waals surface area contributed by atoms with Crippen LogP contribution in [0.2, 0.25) is 0 Å². The Hall–Kier alpha value is -1.97. The van der Waals surface area contributed by atoms with Crippen LogP contribution in [0.5, 0.6) is 0 Å². The van der Waals surface area contributed by atoms with Crippen molar-refractivity contribution in [1.82, 2.24) is 9.97 Å². The minimum Gasteiger partial charge on any atom is -0.383 e. The molecule has 0 bridgehead atoms. The van der Waals surface area contributed by atoms with E-state index >= 15 is 0 Å². The quantitative estimate of drug-likeness (QED) is 0.899. The molecule has 2 N–H and O–H groups in total. The average Bonchev–Trinajstić information content (AvgIpc) is 2.42. The number of fused-ring (bicyclic) bond motifs is 1. The Labute approximate surface area is 111 Å². The zero-order chi connectivity index (χ0) is 13.2. The number of aromatic nitrogens is 2. The summed E-state index contributed by atoms with van der Waals surface area (Å²) in [5.41, 5.74) is 9.22. The van der Waals surface area contributed by atoms with Crippen LogP contribution < -0.4 is 5.73 Å². The molecule has 0 saturated carbocycles. The molecule has 0 aliphatic heterocycles. The molecule has 0 atom stereocenters. The molecule has 0 fully saturated rings. The molecule has 0 spiro atoms. The zero-order valence-corrected chi connectivity index (χ0v) is 10.7. The Morgan fingerprint density at radius 2 is 1.79 bits per heavy atom. The van der Waals surface area contributed by atoms with Gasteiger partial charge in [-0.2, -0.15) is 0 Å². The second kappa shape index (κ2) is 4.96. The number of hydrogen-bond acceptors (Lipinski definition) is 3. The molecule has 0 radical (unpaired) electrons. The lowest BCUT2D eigenvalue weighted by molar-refractivity contribution is 0.627. The second-order valence-electron chi connectivity index (χ2n) is 4.96. The molecule has 2 aromatic rings. The molecule has 19 heavy (non-hydrogen) atoms. The molecular formula is C15H16FN3. The first kappa shape index (κ1) is 12.1. The Kier molecular flexibility index (Phi) is 3.15. The molecule has 3 rings (SSSR count). The zero-order valence-electron chi connectivity index (χ0n) is 10.7. The number of nitrogens with zero attached hydrogens (tertiary/aromatic N) is 2. The summed E-state index contributed by atoms with van der Waals surface area (Å²) in [7, 11) is 0. The van der Waals surface area contributed by atoms with Crippen LogP contribution in [0.4, 0.5) is 10.2 Å². The van der Waals surface area contributed by atoms with Gasteiger partial charge in [-0.1, -0.05) is 12.1 Å². The molecule has 4 heteroatoms. The third kappa shape index (κ3) is 2.57. The van der Waals surface area contributed by atoms with E-state index in [-0.39, 0.29) is 5.82 Å². The van der Waals surface area contributed by atoms with Gasteiger partial charge in [0, 0.05) is 17.7 Å². The highest BCUT2D eigenvalue weighted by Gasteiger charge is 2.16. The maximum atomic E-state index is 12.9. The van der Waals surface area contributed by atoms with E-state index in [1.165, 1.54) is 18.6 Å².